The van der Waals surface area contributed by atoms with Gasteiger partial charge < -0.3 is 16.4 Å². The Morgan fingerprint density at radius 3 is 2.64 bits per heavy atom. The molecule has 0 aliphatic carbocycles. The van der Waals surface area contributed by atoms with E-state index in [2.05, 4.69) is 15.6 Å². The molecule has 2 amide bonds. The van der Waals surface area contributed by atoms with E-state index in [1.165, 1.54) is 18.3 Å². The lowest BCUT2D eigenvalue weighted by atomic mass is 10.2. The molecule has 0 saturated heterocycles. The zero-order valence-corrected chi connectivity index (χ0v) is 13.1. The minimum Gasteiger partial charge on any atom is -0.347 e. The molecule has 0 radical (unpaired) electrons. The zero-order valence-electron chi connectivity index (χ0n) is 12.3. The summed E-state index contributed by atoms with van der Waals surface area (Å²) in [5.41, 5.74) is 7.56. The fraction of sp³-hybridized carbons (Fsp3) is 0.267. The van der Waals surface area contributed by atoms with E-state index in [-0.39, 0.29) is 11.8 Å². The summed E-state index contributed by atoms with van der Waals surface area (Å²) >= 11 is 1.44. The second-order valence-electron chi connectivity index (χ2n) is 4.73. The topological polar surface area (TPSA) is 97.1 Å². The summed E-state index contributed by atoms with van der Waals surface area (Å²) in [6, 6.07) is 7.30. The van der Waals surface area contributed by atoms with E-state index < -0.39 is 0 Å². The normalized spacial score (nSPS) is 10.3. The quantitative estimate of drug-likeness (QED) is 0.752. The predicted octanol–water partition coefficient (Wildman–Crippen LogP) is 1.53. The molecule has 0 saturated carbocycles. The summed E-state index contributed by atoms with van der Waals surface area (Å²) in [4.78, 5) is 27.2. The Morgan fingerprint density at radius 1 is 1.27 bits per heavy atom. The van der Waals surface area contributed by atoms with Gasteiger partial charge in [-0.15, -0.1) is 11.3 Å². The van der Waals surface area contributed by atoms with E-state index in [9.17, 15) is 9.59 Å². The van der Waals surface area contributed by atoms with Gasteiger partial charge in [0.2, 0.25) is 5.91 Å². The van der Waals surface area contributed by atoms with Crippen LogP contribution in [0, 0.1) is 0 Å². The van der Waals surface area contributed by atoms with Crippen LogP contribution in [0.15, 0.2) is 29.6 Å². The van der Waals surface area contributed by atoms with Crippen molar-refractivity contribution in [1.29, 1.82) is 0 Å². The summed E-state index contributed by atoms with van der Waals surface area (Å²) in [5, 5.41) is 8.11. The maximum atomic E-state index is 12.0. The number of anilines is 1. The minimum absolute atomic E-state index is 0.113. The molecular formula is C15H18N4O2S. The third-order valence-corrected chi connectivity index (χ3v) is 3.78. The number of aromatic nitrogens is 1. The standard InChI is InChI=1S/C15H18N4O2S/c1-10(20)18-12-4-2-11(3-5-12)8-17-15(21)13-9-22-14(19-13)6-7-16/h2-5,9H,6-8,16H2,1H3,(H,17,21)(H,18,20). The van der Waals surface area contributed by atoms with Crippen molar-refractivity contribution < 1.29 is 9.59 Å². The molecule has 6 nitrogen and oxygen atoms in total. The molecule has 0 aliphatic heterocycles. The van der Waals surface area contributed by atoms with Crippen molar-refractivity contribution in [2.75, 3.05) is 11.9 Å². The number of benzene rings is 1. The molecule has 7 heteroatoms. The number of rotatable bonds is 6. The molecule has 0 atom stereocenters. The number of carbonyl (C=O) groups excluding carboxylic acids is 2. The van der Waals surface area contributed by atoms with Gasteiger partial charge in [0, 0.05) is 31.0 Å². The predicted molar refractivity (Wildman–Crippen MR) is 86.8 cm³/mol. The molecule has 0 bridgehead atoms. The number of carbonyl (C=O) groups is 2. The highest BCUT2D eigenvalue weighted by atomic mass is 32.1. The smallest absolute Gasteiger partial charge is 0.271 e. The van der Waals surface area contributed by atoms with E-state index in [1.54, 1.807) is 17.5 Å². The van der Waals surface area contributed by atoms with Crippen molar-refractivity contribution in [1.82, 2.24) is 10.3 Å². The highest BCUT2D eigenvalue weighted by molar-refractivity contribution is 7.09. The highest BCUT2D eigenvalue weighted by Crippen LogP contribution is 2.11. The fourth-order valence-corrected chi connectivity index (χ4v) is 2.63. The first-order valence-electron chi connectivity index (χ1n) is 6.87. The number of thiazole rings is 1. The first kappa shape index (κ1) is 16.1. The van der Waals surface area contributed by atoms with Crippen LogP contribution >= 0.6 is 11.3 Å². The van der Waals surface area contributed by atoms with Gasteiger partial charge in [0.1, 0.15) is 5.69 Å². The first-order chi connectivity index (χ1) is 10.6. The molecule has 22 heavy (non-hydrogen) atoms. The summed E-state index contributed by atoms with van der Waals surface area (Å²) in [7, 11) is 0. The molecule has 0 unspecified atom stereocenters. The molecule has 116 valence electrons. The van der Waals surface area contributed by atoms with Gasteiger partial charge in [-0.1, -0.05) is 12.1 Å². The maximum Gasteiger partial charge on any atom is 0.271 e. The van der Waals surface area contributed by atoms with Crippen molar-refractivity contribution in [3.8, 4) is 0 Å². The van der Waals surface area contributed by atoms with Crippen molar-refractivity contribution in [3.05, 3.63) is 45.9 Å². The highest BCUT2D eigenvalue weighted by Gasteiger charge is 2.10. The Kier molecular flexibility index (Phi) is 5.62. The lowest BCUT2D eigenvalue weighted by molar-refractivity contribution is -0.114. The fourth-order valence-electron chi connectivity index (χ4n) is 1.84. The van der Waals surface area contributed by atoms with Gasteiger partial charge >= 0.3 is 0 Å². The number of nitrogens with one attached hydrogen (secondary N) is 2. The van der Waals surface area contributed by atoms with E-state index in [4.69, 9.17) is 5.73 Å². The third kappa shape index (κ3) is 4.64. The minimum atomic E-state index is -0.203. The molecule has 2 rings (SSSR count). The second kappa shape index (κ2) is 7.67. The Bertz CT molecular complexity index is 652. The van der Waals surface area contributed by atoms with E-state index in [0.717, 1.165) is 16.3 Å². The van der Waals surface area contributed by atoms with E-state index in [1.807, 2.05) is 12.1 Å². The maximum absolute atomic E-state index is 12.0. The van der Waals surface area contributed by atoms with Gasteiger partial charge in [0.15, 0.2) is 0 Å². The average molecular weight is 318 g/mol. The van der Waals surface area contributed by atoms with Gasteiger partial charge in [-0.05, 0) is 24.2 Å². The lowest BCUT2D eigenvalue weighted by Gasteiger charge is -2.06. The average Bonchev–Trinajstić information content (AvgIpc) is 2.95. The van der Waals surface area contributed by atoms with Crippen LogP contribution in [-0.4, -0.2) is 23.3 Å². The number of hydrogen-bond donors (Lipinski definition) is 3. The Balaban J connectivity index is 1.88. The molecule has 2 aromatic rings. The first-order valence-corrected chi connectivity index (χ1v) is 7.75. The second-order valence-corrected chi connectivity index (χ2v) is 5.67. The van der Waals surface area contributed by atoms with Crippen LogP contribution in [0.3, 0.4) is 0 Å². The number of hydrogen-bond acceptors (Lipinski definition) is 5. The number of nitrogens with zero attached hydrogens (tertiary/aromatic N) is 1. The van der Waals surface area contributed by atoms with Gasteiger partial charge in [0.25, 0.3) is 5.91 Å². The summed E-state index contributed by atoms with van der Waals surface area (Å²) in [6.45, 7) is 2.39. The molecule has 0 fully saturated rings. The van der Waals surface area contributed by atoms with E-state index in [0.29, 0.717) is 25.2 Å². The van der Waals surface area contributed by atoms with Crippen LogP contribution in [0.25, 0.3) is 0 Å². The third-order valence-electron chi connectivity index (χ3n) is 2.87. The van der Waals surface area contributed by atoms with Crippen LogP contribution in [0.5, 0.6) is 0 Å². The monoisotopic (exact) mass is 318 g/mol. The molecule has 1 aromatic carbocycles. The molecule has 0 aliphatic rings. The molecule has 4 N–H and O–H groups in total. The summed E-state index contributed by atoms with van der Waals surface area (Å²) in [6.07, 6.45) is 0.683. The summed E-state index contributed by atoms with van der Waals surface area (Å²) in [5.74, 6) is -0.316. The van der Waals surface area contributed by atoms with Crippen LogP contribution < -0.4 is 16.4 Å². The van der Waals surface area contributed by atoms with Crippen molar-refractivity contribution in [2.45, 2.75) is 19.9 Å². The van der Waals surface area contributed by atoms with Crippen molar-refractivity contribution in [2.24, 2.45) is 5.73 Å². The molecule has 1 aromatic heterocycles. The zero-order chi connectivity index (χ0) is 15.9. The van der Waals surface area contributed by atoms with Gasteiger partial charge in [0.05, 0.1) is 5.01 Å². The van der Waals surface area contributed by atoms with Gasteiger partial charge in [-0.3, -0.25) is 9.59 Å². The number of nitrogens with two attached hydrogens (primary N) is 1. The largest absolute Gasteiger partial charge is 0.347 e. The van der Waals surface area contributed by atoms with Crippen LogP contribution in [0.4, 0.5) is 5.69 Å². The molecular weight excluding hydrogens is 300 g/mol. The lowest BCUT2D eigenvalue weighted by Crippen LogP contribution is -2.23. The van der Waals surface area contributed by atoms with Crippen LogP contribution in [0.2, 0.25) is 0 Å². The molecule has 1 heterocycles. The van der Waals surface area contributed by atoms with Gasteiger partial charge in [-0.25, -0.2) is 4.98 Å². The summed E-state index contributed by atoms with van der Waals surface area (Å²) < 4.78 is 0. The van der Waals surface area contributed by atoms with Crippen LogP contribution in [-0.2, 0) is 17.8 Å². The van der Waals surface area contributed by atoms with Crippen molar-refractivity contribution >= 4 is 28.8 Å². The molecule has 0 spiro atoms. The SMILES string of the molecule is CC(=O)Nc1ccc(CNC(=O)c2csc(CCN)n2)cc1. The number of amides is 2. The van der Waals surface area contributed by atoms with E-state index >= 15 is 0 Å². The van der Waals surface area contributed by atoms with Gasteiger partial charge in [-0.2, -0.15) is 0 Å². The van der Waals surface area contributed by atoms with Crippen LogP contribution in [0.1, 0.15) is 28.0 Å². The Morgan fingerprint density at radius 2 is 2.00 bits per heavy atom. The Labute approximate surface area is 132 Å². The Hall–Kier alpha value is -2.25. The van der Waals surface area contributed by atoms with Crippen molar-refractivity contribution in [3.63, 3.8) is 0 Å².